The quantitative estimate of drug-likeness (QED) is 0.465. The zero-order valence-corrected chi connectivity index (χ0v) is 20.6. The smallest absolute Gasteiger partial charge is 0.271 e. The van der Waals surface area contributed by atoms with E-state index < -0.39 is 29.4 Å². The number of alkyl halides is 1. The fraction of sp³-hybridized carbons (Fsp3) is 0.192. The molecular weight excluding hydrogens is 506 g/mol. The number of amides is 1. The fourth-order valence-corrected chi connectivity index (χ4v) is 3.87. The van der Waals surface area contributed by atoms with Gasteiger partial charge in [0.05, 0.1) is 6.61 Å². The third-order valence-electron chi connectivity index (χ3n) is 5.68. The number of allylic oxidation sites excluding steroid dienone is 4. The first kappa shape index (κ1) is 25.9. The first-order valence-electron chi connectivity index (χ1n) is 11.3. The molecule has 4 rings (SSSR count). The molecule has 0 spiro atoms. The molecule has 1 aliphatic rings. The zero-order valence-electron chi connectivity index (χ0n) is 19.9. The second-order valence-electron chi connectivity index (χ2n) is 8.09. The molecule has 3 N–H and O–H groups in total. The molecule has 1 aliphatic carbocycles. The third kappa shape index (κ3) is 5.34. The maximum Gasteiger partial charge on any atom is 0.271 e. The van der Waals surface area contributed by atoms with E-state index in [2.05, 4.69) is 10.3 Å². The lowest BCUT2D eigenvalue weighted by atomic mass is 9.95. The van der Waals surface area contributed by atoms with E-state index in [0.29, 0.717) is 5.69 Å². The van der Waals surface area contributed by atoms with Gasteiger partial charge in [-0.25, -0.2) is 13.8 Å². The minimum atomic E-state index is -1.64. The van der Waals surface area contributed by atoms with Crippen LogP contribution in [0.5, 0.6) is 11.5 Å². The molecule has 0 bridgehead atoms. The highest BCUT2D eigenvalue weighted by Crippen LogP contribution is 2.34. The van der Waals surface area contributed by atoms with Crippen LogP contribution in [0.15, 0.2) is 77.2 Å². The second-order valence-corrected chi connectivity index (χ2v) is 8.46. The SMILES string of the molecule is CCOc1ccn(-c2ccc(F)cc2)c(=O)c1C(=O)NC1=CC=C(Oc2ccnc(N)c2Cl)C(F)[C@H]1C. The molecule has 1 unspecified atom stereocenters. The topological polar surface area (TPSA) is 108 Å². The Hall–Kier alpha value is -4.18. The van der Waals surface area contributed by atoms with E-state index in [-0.39, 0.29) is 46.0 Å². The molecule has 2 heterocycles. The van der Waals surface area contributed by atoms with E-state index in [1.807, 2.05) is 0 Å². The Morgan fingerprint density at radius 3 is 2.62 bits per heavy atom. The Morgan fingerprint density at radius 1 is 1.19 bits per heavy atom. The molecule has 2 aromatic heterocycles. The lowest BCUT2D eigenvalue weighted by molar-refractivity contribution is 0.0950. The Bertz CT molecular complexity index is 1450. The van der Waals surface area contributed by atoms with Crippen molar-refractivity contribution in [3.05, 3.63) is 99.2 Å². The second kappa shape index (κ2) is 10.8. The number of pyridine rings is 2. The molecular formula is C26H23ClF2N4O4. The van der Waals surface area contributed by atoms with Crippen molar-refractivity contribution in [2.45, 2.75) is 20.0 Å². The monoisotopic (exact) mass is 528 g/mol. The van der Waals surface area contributed by atoms with Crippen molar-refractivity contribution >= 4 is 23.3 Å². The average Bonchev–Trinajstić information content (AvgIpc) is 2.87. The van der Waals surface area contributed by atoms with E-state index in [9.17, 15) is 14.0 Å². The van der Waals surface area contributed by atoms with Gasteiger partial charge in [-0.1, -0.05) is 18.5 Å². The van der Waals surface area contributed by atoms with Crippen LogP contribution in [0.2, 0.25) is 5.02 Å². The first-order valence-corrected chi connectivity index (χ1v) is 11.7. The van der Waals surface area contributed by atoms with Crippen molar-refractivity contribution in [1.29, 1.82) is 0 Å². The van der Waals surface area contributed by atoms with Crippen molar-refractivity contribution in [2.75, 3.05) is 12.3 Å². The minimum Gasteiger partial charge on any atom is -0.493 e. The predicted molar refractivity (Wildman–Crippen MR) is 135 cm³/mol. The van der Waals surface area contributed by atoms with Crippen molar-refractivity contribution < 1.29 is 23.0 Å². The van der Waals surface area contributed by atoms with Crippen LogP contribution in [0.4, 0.5) is 14.6 Å². The summed E-state index contributed by atoms with van der Waals surface area (Å²) in [7, 11) is 0. The van der Waals surface area contributed by atoms with Crippen LogP contribution < -0.4 is 26.1 Å². The van der Waals surface area contributed by atoms with Crippen LogP contribution in [0.1, 0.15) is 24.2 Å². The van der Waals surface area contributed by atoms with E-state index in [4.69, 9.17) is 26.8 Å². The van der Waals surface area contributed by atoms with Crippen molar-refractivity contribution in [3.63, 3.8) is 0 Å². The molecule has 0 fully saturated rings. The summed E-state index contributed by atoms with van der Waals surface area (Å²) in [6.07, 6.45) is 4.02. The van der Waals surface area contributed by atoms with Gasteiger partial charge in [0.15, 0.2) is 11.9 Å². The van der Waals surface area contributed by atoms with Crippen LogP contribution in [-0.2, 0) is 0 Å². The highest BCUT2D eigenvalue weighted by molar-refractivity contribution is 6.34. The summed E-state index contributed by atoms with van der Waals surface area (Å²) < 4.78 is 40.9. The number of nitrogens with zero attached hydrogens (tertiary/aromatic N) is 2. The van der Waals surface area contributed by atoms with Gasteiger partial charge in [-0.2, -0.15) is 0 Å². The summed E-state index contributed by atoms with van der Waals surface area (Å²) in [6, 6.07) is 8.14. The van der Waals surface area contributed by atoms with Gasteiger partial charge in [-0.15, -0.1) is 0 Å². The number of ether oxygens (including phenoxy) is 2. The molecule has 37 heavy (non-hydrogen) atoms. The van der Waals surface area contributed by atoms with Crippen LogP contribution in [-0.4, -0.2) is 28.2 Å². The molecule has 8 nitrogen and oxygen atoms in total. The summed E-state index contributed by atoms with van der Waals surface area (Å²) in [5.41, 5.74) is 5.30. The van der Waals surface area contributed by atoms with E-state index in [1.165, 1.54) is 65.5 Å². The molecule has 3 aromatic rings. The van der Waals surface area contributed by atoms with E-state index >= 15 is 4.39 Å². The van der Waals surface area contributed by atoms with Crippen molar-refractivity contribution in [3.8, 4) is 17.2 Å². The van der Waals surface area contributed by atoms with Crippen LogP contribution >= 0.6 is 11.6 Å². The molecule has 0 saturated heterocycles. The predicted octanol–water partition coefficient (Wildman–Crippen LogP) is 4.57. The lowest BCUT2D eigenvalue weighted by Crippen LogP contribution is -2.37. The van der Waals surface area contributed by atoms with Gasteiger partial charge in [0, 0.05) is 35.8 Å². The van der Waals surface area contributed by atoms with Crippen molar-refractivity contribution in [2.24, 2.45) is 5.92 Å². The van der Waals surface area contributed by atoms with Crippen molar-refractivity contribution in [1.82, 2.24) is 14.9 Å². The summed E-state index contributed by atoms with van der Waals surface area (Å²) >= 11 is 6.09. The number of nitrogens with two attached hydrogens (primary N) is 1. The minimum absolute atomic E-state index is 0.0358. The molecule has 192 valence electrons. The number of hydrogen-bond acceptors (Lipinski definition) is 6. The summed E-state index contributed by atoms with van der Waals surface area (Å²) in [5.74, 6) is -1.87. The van der Waals surface area contributed by atoms with Crippen LogP contribution in [0, 0.1) is 11.7 Å². The Labute approximate surface area is 216 Å². The fourth-order valence-electron chi connectivity index (χ4n) is 3.72. The maximum absolute atomic E-state index is 15.3. The zero-order chi connectivity index (χ0) is 26.7. The van der Waals surface area contributed by atoms with Gasteiger partial charge < -0.3 is 20.5 Å². The number of halogens is 3. The van der Waals surface area contributed by atoms with Gasteiger partial charge in [0.25, 0.3) is 11.5 Å². The number of hydrogen-bond donors (Lipinski definition) is 2. The van der Waals surface area contributed by atoms with E-state index in [1.54, 1.807) is 13.8 Å². The molecule has 2 atom stereocenters. The number of carbonyl (C=O) groups excluding carboxylic acids is 1. The van der Waals surface area contributed by atoms with Gasteiger partial charge in [-0.3, -0.25) is 14.2 Å². The molecule has 1 aromatic carbocycles. The largest absolute Gasteiger partial charge is 0.493 e. The molecule has 11 heteroatoms. The van der Waals surface area contributed by atoms with Crippen LogP contribution in [0.25, 0.3) is 5.69 Å². The standard InChI is InChI=1S/C26H23ClF2N4O4/c1-3-36-18-11-13-33(16-6-4-15(28)5-7-16)26(35)21(18)25(34)32-17-8-9-20(23(29)14(17)2)37-19-10-12-31-24(30)22(19)27/h4-14,23H,3H2,1-2H3,(H2,30,31)(H,32,34)/t14-,23?/m0/s1. The van der Waals surface area contributed by atoms with Gasteiger partial charge in [-0.05, 0) is 49.4 Å². The average molecular weight is 529 g/mol. The number of benzene rings is 1. The first-order chi connectivity index (χ1) is 17.7. The Kier molecular flexibility index (Phi) is 7.58. The Balaban J connectivity index is 1.64. The normalized spacial score (nSPS) is 17.0. The summed E-state index contributed by atoms with van der Waals surface area (Å²) in [4.78, 5) is 30.4. The molecule has 0 saturated carbocycles. The summed E-state index contributed by atoms with van der Waals surface area (Å²) in [5, 5.41) is 2.67. The number of anilines is 1. The van der Waals surface area contributed by atoms with Crippen LogP contribution in [0.3, 0.4) is 0 Å². The Morgan fingerprint density at radius 2 is 1.92 bits per heavy atom. The van der Waals surface area contributed by atoms with Gasteiger partial charge >= 0.3 is 0 Å². The number of carbonyl (C=O) groups is 1. The third-order valence-corrected chi connectivity index (χ3v) is 6.06. The highest BCUT2D eigenvalue weighted by atomic mass is 35.5. The number of aromatic nitrogens is 2. The molecule has 1 amide bonds. The maximum atomic E-state index is 15.3. The lowest BCUT2D eigenvalue weighted by Gasteiger charge is -2.26. The van der Waals surface area contributed by atoms with Gasteiger partial charge in [0.1, 0.15) is 33.7 Å². The summed E-state index contributed by atoms with van der Waals surface area (Å²) in [6.45, 7) is 3.47. The molecule has 0 radical (unpaired) electrons. The number of nitrogen functional groups attached to an aromatic ring is 1. The number of rotatable bonds is 7. The van der Waals surface area contributed by atoms with Gasteiger partial charge in [0.2, 0.25) is 0 Å². The highest BCUT2D eigenvalue weighted by Gasteiger charge is 2.31. The molecule has 0 aliphatic heterocycles. The van der Waals surface area contributed by atoms with E-state index in [0.717, 1.165) is 0 Å². The number of nitrogens with one attached hydrogen (secondary N) is 1.